The van der Waals surface area contributed by atoms with E-state index < -0.39 is 0 Å². The Balaban J connectivity index is 1.73. The van der Waals surface area contributed by atoms with Crippen molar-refractivity contribution in [2.45, 2.75) is 84.5 Å². The van der Waals surface area contributed by atoms with Crippen LogP contribution in [0.5, 0.6) is 0 Å². The predicted octanol–water partition coefficient (Wildman–Crippen LogP) is 4.67. The van der Waals surface area contributed by atoms with Crippen LogP contribution in [0.25, 0.3) is 0 Å². The van der Waals surface area contributed by atoms with Gasteiger partial charge in [0.25, 0.3) is 0 Å². The molecular weight excluding hydrogens is 352 g/mol. The van der Waals surface area contributed by atoms with Crippen LogP contribution in [0, 0.1) is 29.6 Å². The minimum absolute atomic E-state index is 0.0354. The standard InChI is InChI=1S/C24H38O4/c1-5-16(3)24(26)28-22-13-15(2)12-18-7-6-17(4)21(23(18)22)9-8-20-14-19(25)10-11-27-20/h6-7,12,15-17,19-23,25H,5,8-11,13-14H2,1-4H3. The molecule has 8 unspecified atom stereocenters. The van der Waals surface area contributed by atoms with Gasteiger partial charge >= 0.3 is 5.97 Å². The highest BCUT2D eigenvalue weighted by molar-refractivity contribution is 5.72. The summed E-state index contributed by atoms with van der Waals surface area (Å²) in [5.74, 6) is 1.50. The van der Waals surface area contributed by atoms with Crippen molar-refractivity contribution in [1.82, 2.24) is 0 Å². The average Bonchev–Trinajstić information content (AvgIpc) is 2.66. The van der Waals surface area contributed by atoms with E-state index >= 15 is 0 Å². The Morgan fingerprint density at radius 1 is 1.32 bits per heavy atom. The molecule has 8 atom stereocenters. The molecule has 0 spiro atoms. The molecule has 4 heteroatoms. The fourth-order valence-electron chi connectivity index (χ4n) is 5.09. The molecule has 4 nitrogen and oxygen atoms in total. The molecule has 0 saturated carbocycles. The van der Waals surface area contributed by atoms with Crippen LogP contribution in [0.4, 0.5) is 0 Å². The number of hydrogen-bond donors (Lipinski definition) is 1. The highest BCUT2D eigenvalue weighted by atomic mass is 16.5. The van der Waals surface area contributed by atoms with Gasteiger partial charge in [-0.05, 0) is 61.9 Å². The molecule has 3 rings (SSSR count). The number of fused-ring (bicyclic) bond motifs is 1. The van der Waals surface area contributed by atoms with Crippen LogP contribution in [-0.2, 0) is 14.3 Å². The Morgan fingerprint density at radius 2 is 2.11 bits per heavy atom. The number of rotatable bonds is 6. The molecule has 158 valence electrons. The minimum atomic E-state index is -0.224. The van der Waals surface area contributed by atoms with Crippen LogP contribution in [0.1, 0.15) is 66.2 Å². The number of hydrogen-bond acceptors (Lipinski definition) is 4. The summed E-state index contributed by atoms with van der Waals surface area (Å²) in [5.41, 5.74) is 1.34. The third-order valence-corrected chi connectivity index (χ3v) is 7.04. The van der Waals surface area contributed by atoms with Gasteiger partial charge in [0.05, 0.1) is 18.1 Å². The number of ether oxygens (including phenoxy) is 2. The van der Waals surface area contributed by atoms with Crippen molar-refractivity contribution in [2.75, 3.05) is 6.61 Å². The smallest absolute Gasteiger partial charge is 0.308 e. The molecule has 1 saturated heterocycles. The van der Waals surface area contributed by atoms with E-state index in [0.29, 0.717) is 24.4 Å². The van der Waals surface area contributed by atoms with E-state index in [1.54, 1.807) is 0 Å². The molecule has 3 aliphatic rings. The second-order valence-electron chi connectivity index (χ2n) is 9.32. The van der Waals surface area contributed by atoms with Gasteiger partial charge in [0.15, 0.2) is 0 Å². The first-order valence-corrected chi connectivity index (χ1v) is 11.3. The van der Waals surface area contributed by atoms with Gasteiger partial charge in [-0.15, -0.1) is 0 Å². The fourth-order valence-corrected chi connectivity index (χ4v) is 5.09. The first kappa shape index (κ1) is 21.6. The van der Waals surface area contributed by atoms with Crippen molar-refractivity contribution in [3.8, 4) is 0 Å². The highest BCUT2D eigenvalue weighted by Crippen LogP contribution is 2.45. The van der Waals surface area contributed by atoms with Gasteiger partial charge in [-0.25, -0.2) is 0 Å². The summed E-state index contributed by atoms with van der Waals surface area (Å²) in [7, 11) is 0. The Labute approximate surface area is 170 Å². The molecule has 1 heterocycles. The van der Waals surface area contributed by atoms with E-state index in [4.69, 9.17) is 9.47 Å². The lowest BCUT2D eigenvalue weighted by Gasteiger charge is -2.43. The first-order chi connectivity index (χ1) is 13.4. The molecule has 0 aromatic carbocycles. The number of carbonyl (C=O) groups excluding carboxylic acids is 1. The maximum absolute atomic E-state index is 12.5. The van der Waals surface area contributed by atoms with Crippen LogP contribution in [-0.4, -0.2) is 36.0 Å². The first-order valence-electron chi connectivity index (χ1n) is 11.3. The fraction of sp³-hybridized carbons (Fsp3) is 0.792. The second-order valence-corrected chi connectivity index (χ2v) is 9.32. The molecule has 0 amide bonds. The van der Waals surface area contributed by atoms with Crippen molar-refractivity contribution in [1.29, 1.82) is 0 Å². The van der Waals surface area contributed by atoms with Gasteiger partial charge < -0.3 is 14.6 Å². The summed E-state index contributed by atoms with van der Waals surface area (Å²) >= 11 is 0. The number of allylic oxidation sites excluding steroid dienone is 3. The molecule has 0 bridgehead atoms. The number of esters is 1. The van der Waals surface area contributed by atoms with Crippen LogP contribution in [0.15, 0.2) is 23.8 Å². The molecule has 28 heavy (non-hydrogen) atoms. The summed E-state index contributed by atoms with van der Waals surface area (Å²) in [6.45, 7) is 9.14. The lowest BCUT2D eigenvalue weighted by Crippen LogP contribution is -2.42. The summed E-state index contributed by atoms with van der Waals surface area (Å²) < 4.78 is 12.0. The van der Waals surface area contributed by atoms with Gasteiger partial charge in [-0.1, -0.05) is 45.9 Å². The maximum atomic E-state index is 12.5. The molecule has 0 radical (unpaired) electrons. The highest BCUT2D eigenvalue weighted by Gasteiger charge is 2.41. The van der Waals surface area contributed by atoms with E-state index in [1.807, 2.05) is 13.8 Å². The zero-order chi connectivity index (χ0) is 20.3. The predicted molar refractivity (Wildman–Crippen MR) is 111 cm³/mol. The van der Waals surface area contributed by atoms with E-state index in [0.717, 1.165) is 38.5 Å². The molecular formula is C24H38O4. The van der Waals surface area contributed by atoms with Gasteiger partial charge in [0.1, 0.15) is 6.10 Å². The molecule has 1 fully saturated rings. The largest absolute Gasteiger partial charge is 0.461 e. The zero-order valence-corrected chi connectivity index (χ0v) is 18.0. The van der Waals surface area contributed by atoms with Crippen molar-refractivity contribution < 1.29 is 19.4 Å². The van der Waals surface area contributed by atoms with Gasteiger partial charge in [0.2, 0.25) is 0 Å². The van der Waals surface area contributed by atoms with Crippen molar-refractivity contribution in [3.63, 3.8) is 0 Å². The van der Waals surface area contributed by atoms with Crippen molar-refractivity contribution in [2.24, 2.45) is 29.6 Å². The van der Waals surface area contributed by atoms with Crippen molar-refractivity contribution in [3.05, 3.63) is 23.8 Å². The number of aliphatic hydroxyl groups is 1. The average molecular weight is 391 g/mol. The Hall–Kier alpha value is -1.13. The zero-order valence-electron chi connectivity index (χ0n) is 18.0. The van der Waals surface area contributed by atoms with Crippen LogP contribution >= 0.6 is 0 Å². The maximum Gasteiger partial charge on any atom is 0.308 e. The monoisotopic (exact) mass is 390 g/mol. The Morgan fingerprint density at radius 3 is 2.82 bits per heavy atom. The van der Waals surface area contributed by atoms with E-state index in [-0.39, 0.29) is 36.1 Å². The van der Waals surface area contributed by atoms with Gasteiger partial charge in [0, 0.05) is 12.5 Å². The van der Waals surface area contributed by atoms with Crippen molar-refractivity contribution >= 4 is 5.97 Å². The van der Waals surface area contributed by atoms with E-state index in [9.17, 15) is 9.90 Å². The topological polar surface area (TPSA) is 55.8 Å². The molecule has 1 aliphatic heterocycles. The summed E-state index contributed by atoms with van der Waals surface area (Å²) in [4.78, 5) is 12.5. The minimum Gasteiger partial charge on any atom is -0.461 e. The number of aliphatic hydroxyl groups excluding tert-OH is 1. The molecule has 0 aromatic heterocycles. The lowest BCUT2D eigenvalue weighted by molar-refractivity contribution is -0.158. The number of carbonyl (C=O) groups is 1. The van der Waals surface area contributed by atoms with Crippen LogP contribution in [0.3, 0.4) is 0 Å². The summed E-state index contributed by atoms with van der Waals surface area (Å²) in [5, 5.41) is 9.94. The lowest BCUT2D eigenvalue weighted by atomic mass is 9.65. The van der Waals surface area contributed by atoms with Crippen LogP contribution < -0.4 is 0 Å². The molecule has 1 N–H and O–H groups in total. The van der Waals surface area contributed by atoms with E-state index in [2.05, 4.69) is 32.1 Å². The van der Waals surface area contributed by atoms with Gasteiger partial charge in [-0.3, -0.25) is 4.79 Å². The van der Waals surface area contributed by atoms with Crippen LogP contribution in [0.2, 0.25) is 0 Å². The summed E-state index contributed by atoms with van der Waals surface area (Å²) in [6.07, 6.45) is 12.1. The third-order valence-electron chi connectivity index (χ3n) is 7.04. The molecule has 0 aromatic rings. The normalized spacial score (nSPS) is 39.0. The quantitative estimate of drug-likeness (QED) is 0.670. The second kappa shape index (κ2) is 9.58. The Bertz CT molecular complexity index is 595. The third kappa shape index (κ3) is 5.07. The van der Waals surface area contributed by atoms with E-state index in [1.165, 1.54) is 5.57 Å². The molecule has 2 aliphatic carbocycles. The SMILES string of the molecule is CCC(C)C(=O)OC1CC(C)C=C2C=CC(C)C(CCC3CC(O)CCO3)C21. The summed E-state index contributed by atoms with van der Waals surface area (Å²) in [6, 6.07) is 0. The van der Waals surface area contributed by atoms with Gasteiger partial charge in [-0.2, -0.15) is 0 Å². The Kier molecular flexibility index (Phi) is 7.38.